The number of hydrogen-bond donors (Lipinski definition) is 1. The van der Waals surface area contributed by atoms with Crippen molar-refractivity contribution < 1.29 is 4.79 Å². The highest BCUT2D eigenvalue weighted by molar-refractivity contribution is 5.77. The third-order valence-electron chi connectivity index (χ3n) is 3.58. The van der Waals surface area contributed by atoms with Crippen LogP contribution < -0.4 is 5.32 Å². The van der Waals surface area contributed by atoms with E-state index in [1.54, 1.807) is 6.33 Å². The van der Waals surface area contributed by atoms with Crippen molar-refractivity contribution in [2.45, 2.75) is 32.9 Å². The Labute approximate surface area is 137 Å². The SMILES string of the molecule is CC(C)n1cnnc1CCNC(=O)CN(C)Cc1ccccc1. The second kappa shape index (κ2) is 8.43. The summed E-state index contributed by atoms with van der Waals surface area (Å²) in [5.41, 5.74) is 1.20. The zero-order chi connectivity index (χ0) is 16.7. The van der Waals surface area contributed by atoms with Crippen molar-refractivity contribution in [3.05, 3.63) is 48.0 Å². The fraction of sp³-hybridized carbons (Fsp3) is 0.471. The average Bonchev–Trinajstić information content (AvgIpc) is 2.96. The molecule has 2 rings (SSSR count). The average molecular weight is 315 g/mol. The van der Waals surface area contributed by atoms with E-state index in [2.05, 4.69) is 41.5 Å². The van der Waals surface area contributed by atoms with Crippen LogP contribution in [-0.2, 0) is 17.8 Å². The Morgan fingerprint density at radius 1 is 1.30 bits per heavy atom. The van der Waals surface area contributed by atoms with Crippen LogP contribution in [-0.4, -0.2) is 45.7 Å². The molecular weight excluding hydrogens is 290 g/mol. The van der Waals surface area contributed by atoms with Gasteiger partial charge in [-0.15, -0.1) is 10.2 Å². The molecule has 0 radical (unpaired) electrons. The fourth-order valence-electron chi connectivity index (χ4n) is 2.44. The zero-order valence-electron chi connectivity index (χ0n) is 14.1. The number of carbonyl (C=O) groups is 1. The van der Waals surface area contributed by atoms with E-state index in [1.165, 1.54) is 5.56 Å². The number of carbonyl (C=O) groups excluding carboxylic acids is 1. The summed E-state index contributed by atoms with van der Waals surface area (Å²) in [6.07, 6.45) is 2.42. The summed E-state index contributed by atoms with van der Waals surface area (Å²) in [5, 5.41) is 11.0. The Morgan fingerprint density at radius 3 is 2.74 bits per heavy atom. The largest absolute Gasteiger partial charge is 0.355 e. The highest BCUT2D eigenvalue weighted by Crippen LogP contribution is 2.06. The second-order valence-corrected chi connectivity index (χ2v) is 6.01. The Balaban J connectivity index is 1.71. The molecule has 0 fully saturated rings. The van der Waals surface area contributed by atoms with Gasteiger partial charge in [-0.1, -0.05) is 30.3 Å². The predicted octanol–water partition coefficient (Wildman–Crippen LogP) is 1.65. The standard InChI is InChI=1S/C17H25N5O/c1-14(2)22-13-19-20-16(22)9-10-18-17(23)12-21(3)11-15-7-5-4-6-8-15/h4-8,13-14H,9-12H2,1-3H3,(H,18,23). The summed E-state index contributed by atoms with van der Waals surface area (Å²) in [6.45, 7) is 5.89. The van der Waals surface area contributed by atoms with E-state index in [0.717, 1.165) is 12.4 Å². The summed E-state index contributed by atoms with van der Waals surface area (Å²) in [4.78, 5) is 14.0. The second-order valence-electron chi connectivity index (χ2n) is 6.01. The molecule has 0 spiro atoms. The van der Waals surface area contributed by atoms with Crippen LogP contribution in [0.15, 0.2) is 36.7 Å². The molecule has 1 aromatic carbocycles. The van der Waals surface area contributed by atoms with Gasteiger partial charge in [0, 0.05) is 25.6 Å². The van der Waals surface area contributed by atoms with Crippen LogP contribution in [0.1, 0.15) is 31.3 Å². The number of amides is 1. The van der Waals surface area contributed by atoms with Crippen LogP contribution in [0.2, 0.25) is 0 Å². The first-order valence-electron chi connectivity index (χ1n) is 7.94. The molecule has 2 aromatic rings. The minimum atomic E-state index is 0.0269. The molecule has 1 N–H and O–H groups in total. The van der Waals surface area contributed by atoms with Crippen LogP contribution in [0, 0.1) is 0 Å². The van der Waals surface area contributed by atoms with Crippen LogP contribution in [0.3, 0.4) is 0 Å². The van der Waals surface area contributed by atoms with Gasteiger partial charge < -0.3 is 9.88 Å². The molecule has 0 saturated heterocycles. The van der Waals surface area contributed by atoms with Gasteiger partial charge in [0.1, 0.15) is 12.2 Å². The minimum absolute atomic E-state index is 0.0269. The van der Waals surface area contributed by atoms with E-state index in [-0.39, 0.29) is 5.91 Å². The lowest BCUT2D eigenvalue weighted by molar-refractivity contribution is -0.122. The minimum Gasteiger partial charge on any atom is -0.355 e. The maximum absolute atomic E-state index is 12.0. The lowest BCUT2D eigenvalue weighted by Gasteiger charge is -2.16. The van der Waals surface area contributed by atoms with E-state index in [1.807, 2.05) is 34.7 Å². The fourth-order valence-corrected chi connectivity index (χ4v) is 2.44. The lowest BCUT2D eigenvalue weighted by Crippen LogP contribution is -2.36. The predicted molar refractivity (Wildman–Crippen MR) is 89.9 cm³/mol. The number of aromatic nitrogens is 3. The molecule has 0 aliphatic rings. The van der Waals surface area contributed by atoms with E-state index in [0.29, 0.717) is 25.6 Å². The Kier molecular flexibility index (Phi) is 6.29. The lowest BCUT2D eigenvalue weighted by atomic mass is 10.2. The number of nitrogens with zero attached hydrogens (tertiary/aromatic N) is 4. The summed E-state index contributed by atoms with van der Waals surface area (Å²) in [5.74, 6) is 0.928. The van der Waals surface area contributed by atoms with Crippen molar-refractivity contribution in [3.63, 3.8) is 0 Å². The van der Waals surface area contributed by atoms with Gasteiger partial charge in [0.25, 0.3) is 0 Å². The van der Waals surface area contributed by atoms with Gasteiger partial charge in [0.2, 0.25) is 5.91 Å². The molecule has 1 amide bonds. The number of rotatable bonds is 8. The normalized spacial score (nSPS) is 11.2. The highest BCUT2D eigenvalue weighted by Gasteiger charge is 2.09. The molecular formula is C17H25N5O. The molecule has 6 nitrogen and oxygen atoms in total. The van der Waals surface area contributed by atoms with Gasteiger partial charge in [0.05, 0.1) is 6.54 Å². The summed E-state index contributed by atoms with van der Waals surface area (Å²) in [6, 6.07) is 10.5. The van der Waals surface area contributed by atoms with Gasteiger partial charge in [-0.2, -0.15) is 0 Å². The van der Waals surface area contributed by atoms with E-state index < -0.39 is 0 Å². The van der Waals surface area contributed by atoms with Gasteiger partial charge in [-0.05, 0) is 26.5 Å². The van der Waals surface area contributed by atoms with Crippen LogP contribution in [0.25, 0.3) is 0 Å². The van der Waals surface area contributed by atoms with Crippen LogP contribution in [0.4, 0.5) is 0 Å². The first-order valence-corrected chi connectivity index (χ1v) is 7.94. The van der Waals surface area contributed by atoms with E-state index in [9.17, 15) is 4.79 Å². The molecule has 0 bridgehead atoms. The first kappa shape index (κ1) is 17.1. The molecule has 0 atom stereocenters. The molecule has 0 unspecified atom stereocenters. The van der Waals surface area contributed by atoms with Crippen molar-refractivity contribution in [1.82, 2.24) is 25.0 Å². The van der Waals surface area contributed by atoms with Gasteiger partial charge in [-0.3, -0.25) is 9.69 Å². The highest BCUT2D eigenvalue weighted by atomic mass is 16.2. The smallest absolute Gasteiger partial charge is 0.234 e. The third-order valence-corrected chi connectivity index (χ3v) is 3.58. The van der Waals surface area contributed by atoms with E-state index >= 15 is 0 Å². The van der Waals surface area contributed by atoms with Crippen molar-refractivity contribution in [3.8, 4) is 0 Å². The molecule has 1 aromatic heterocycles. The summed E-state index contributed by atoms with van der Waals surface area (Å²) in [7, 11) is 1.95. The van der Waals surface area contributed by atoms with Crippen molar-refractivity contribution >= 4 is 5.91 Å². The number of benzene rings is 1. The van der Waals surface area contributed by atoms with Gasteiger partial charge in [0.15, 0.2) is 0 Å². The quantitative estimate of drug-likeness (QED) is 0.804. The topological polar surface area (TPSA) is 63.1 Å². The zero-order valence-corrected chi connectivity index (χ0v) is 14.1. The molecule has 124 valence electrons. The summed E-state index contributed by atoms with van der Waals surface area (Å²) < 4.78 is 2.02. The number of likely N-dealkylation sites (N-methyl/N-ethyl adjacent to an activating group) is 1. The van der Waals surface area contributed by atoms with Gasteiger partial charge >= 0.3 is 0 Å². The van der Waals surface area contributed by atoms with Crippen molar-refractivity contribution in [2.75, 3.05) is 20.1 Å². The Hall–Kier alpha value is -2.21. The van der Waals surface area contributed by atoms with Gasteiger partial charge in [-0.25, -0.2) is 0 Å². The molecule has 0 aliphatic carbocycles. The molecule has 0 aliphatic heterocycles. The molecule has 0 saturated carbocycles. The maximum atomic E-state index is 12.0. The summed E-state index contributed by atoms with van der Waals surface area (Å²) >= 11 is 0. The third kappa shape index (κ3) is 5.49. The van der Waals surface area contributed by atoms with Crippen molar-refractivity contribution in [1.29, 1.82) is 0 Å². The monoisotopic (exact) mass is 315 g/mol. The Morgan fingerprint density at radius 2 is 2.04 bits per heavy atom. The van der Waals surface area contributed by atoms with E-state index in [4.69, 9.17) is 0 Å². The number of nitrogens with one attached hydrogen (secondary N) is 1. The first-order chi connectivity index (χ1) is 11.1. The molecule has 6 heteroatoms. The van der Waals surface area contributed by atoms with Crippen molar-refractivity contribution in [2.24, 2.45) is 0 Å². The Bertz CT molecular complexity index is 608. The van der Waals surface area contributed by atoms with Crippen LogP contribution in [0.5, 0.6) is 0 Å². The van der Waals surface area contributed by atoms with Crippen LogP contribution >= 0.6 is 0 Å². The number of hydrogen-bond acceptors (Lipinski definition) is 4. The maximum Gasteiger partial charge on any atom is 0.234 e. The molecule has 23 heavy (non-hydrogen) atoms. The molecule has 1 heterocycles.